The Morgan fingerprint density at radius 1 is 1.43 bits per heavy atom. The summed E-state index contributed by atoms with van der Waals surface area (Å²) in [7, 11) is 0. The van der Waals surface area contributed by atoms with E-state index in [4.69, 9.17) is 5.26 Å². The lowest BCUT2D eigenvalue weighted by molar-refractivity contribution is -0.386. The van der Waals surface area contributed by atoms with Crippen molar-refractivity contribution in [3.63, 3.8) is 0 Å². The highest BCUT2D eigenvalue weighted by molar-refractivity contribution is 5.57. The largest absolute Gasteiger partial charge is 0.502 e. The van der Waals surface area contributed by atoms with Crippen LogP contribution in [0.3, 0.4) is 0 Å². The molecule has 0 amide bonds. The first-order valence-corrected chi connectivity index (χ1v) is 7.96. The van der Waals surface area contributed by atoms with E-state index in [2.05, 4.69) is 10.2 Å². The Hall–Kier alpha value is -2.17. The highest BCUT2D eigenvalue weighted by atomic mass is 16.6. The highest BCUT2D eigenvalue weighted by Crippen LogP contribution is 2.44. The van der Waals surface area contributed by atoms with E-state index in [0.29, 0.717) is 11.5 Å². The lowest BCUT2D eigenvalue weighted by Gasteiger charge is -2.35. The molecule has 1 heterocycles. The molecule has 0 radical (unpaired) electrons. The van der Waals surface area contributed by atoms with Gasteiger partial charge in [0.25, 0.3) is 0 Å². The van der Waals surface area contributed by atoms with E-state index in [9.17, 15) is 15.2 Å². The summed E-state index contributed by atoms with van der Waals surface area (Å²) in [5, 5.41) is 34.1. The number of phenols is 1. The zero-order valence-corrected chi connectivity index (χ0v) is 12.9. The lowest BCUT2D eigenvalue weighted by atomic mass is 9.95. The van der Waals surface area contributed by atoms with Crippen LogP contribution < -0.4 is 5.32 Å². The first kappa shape index (κ1) is 15.7. The number of phenolic OH excluding ortho intramolecular Hbond substituents is 1. The van der Waals surface area contributed by atoms with Gasteiger partial charge in [0.05, 0.1) is 16.6 Å². The maximum atomic E-state index is 11.2. The van der Waals surface area contributed by atoms with Gasteiger partial charge in [-0.2, -0.15) is 5.26 Å². The summed E-state index contributed by atoms with van der Waals surface area (Å²) >= 11 is 0. The van der Waals surface area contributed by atoms with Crippen molar-refractivity contribution in [2.75, 3.05) is 26.2 Å². The zero-order valence-electron chi connectivity index (χ0n) is 12.9. The number of nitrogens with one attached hydrogen (secondary N) is 1. The molecule has 2 fully saturated rings. The molecule has 1 saturated heterocycles. The van der Waals surface area contributed by atoms with E-state index in [1.54, 1.807) is 6.07 Å². The summed E-state index contributed by atoms with van der Waals surface area (Å²) in [5.74, 6) is 0.317. The minimum atomic E-state index is -0.619. The van der Waals surface area contributed by atoms with Crippen molar-refractivity contribution in [1.29, 1.82) is 5.26 Å². The molecule has 2 N–H and O–H groups in total. The SMILES string of the molecule is N#Cc1cc([C@@H](CC2CC2)N2CCNCC2)c(O)c([N+](=O)[O-])c1. The van der Waals surface area contributed by atoms with Gasteiger partial charge in [0.1, 0.15) is 0 Å². The normalized spacial score (nSPS) is 20.0. The maximum absolute atomic E-state index is 11.2. The van der Waals surface area contributed by atoms with Crippen molar-refractivity contribution in [1.82, 2.24) is 10.2 Å². The molecule has 0 bridgehead atoms. The molecule has 0 aromatic heterocycles. The third kappa shape index (κ3) is 3.44. The predicted molar refractivity (Wildman–Crippen MR) is 84.0 cm³/mol. The summed E-state index contributed by atoms with van der Waals surface area (Å²) < 4.78 is 0. The van der Waals surface area contributed by atoms with E-state index < -0.39 is 4.92 Å². The molecule has 1 aromatic carbocycles. The minimum absolute atomic E-state index is 0.0726. The average Bonchev–Trinajstić information content (AvgIpc) is 3.38. The molecule has 1 saturated carbocycles. The summed E-state index contributed by atoms with van der Waals surface area (Å²) in [6, 6.07) is 4.65. The second-order valence-electron chi connectivity index (χ2n) is 6.28. The van der Waals surface area contributed by atoms with Crippen LogP contribution in [-0.4, -0.2) is 41.1 Å². The molecular weight excluding hydrogens is 296 g/mol. The van der Waals surface area contributed by atoms with Gasteiger partial charge in [0, 0.05) is 43.9 Å². The lowest BCUT2D eigenvalue weighted by Crippen LogP contribution is -2.45. The molecule has 0 spiro atoms. The van der Waals surface area contributed by atoms with Gasteiger partial charge >= 0.3 is 5.69 Å². The smallest absolute Gasteiger partial charge is 0.312 e. The molecule has 2 aliphatic rings. The zero-order chi connectivity index (χ0) is 16.4. The van der Waals surface area contributed by atoms with Gasteiger partial charge < -0.3 is 10.4 Å². The van der Waals surface area contributed by atoms with Gasteiger partial charge in [-0.1, -0.05) is 12.8 Å². The van der Waals surface area contributed by atoms with Crippen LogP contribution in [0.25, 0.3) is 0 Å². The van der Waals surface area contributed by atoms with Crippen molar-refractivity contribution in [3.05, 3.63) is 33.4 Å². The van der Waals surface area contributed by atoms with Gasteiger partial charge in [0.2, 0.25) is 0 Å². The molecule has 7 heteroatoms. The molecule has 3 rings (SSSR count). The van der Waals surface area contributed by atoms with Crippen LogP contribution in [-0.2, 0) is 0 Å². The van der Waals surface area contributed by atoms with Crippen molar-refractivity contribution in [3.8, 4) is 11.8 Å². The third-order valence-corrected chi connectivity index (χ3v) is 4.65. The molecule has 7 nitrogen and oxygen atoms in total. The van der Waals surface area contributed by atoms with Gasteiger partial charge in [0.15, 0.2) is 5.75 Å². The van der Waals surface area contributed by atoms with Crippen LogP contribution in [0.5, 0.6) is 5.75 Å². The van der Waals surface area contributed by atoms with Crippen molar-refractivity contribution in [2.24, 2.45) is 5.92 Å². The van der Waals surface area contributed by atoms with Gasteiger partial charge in [-0.05, 0) is 18.4 Å². The number of nitro groups is 1. The van der Waals surface area contributed by atoms with E-state index in [-0.39, 0.29) is 23.0 Å². The quantitative estimate of drug-likeness (QED) is 0.635. The molecular formula is C16H20N4O3. The summed E-state index contributed by atoms with van der Waals surface area (Å²) in [6.45, 7) is 3.40. The number of nitro benzene ring substituents is 1. The van der Waals surface area contributed by atoms with Gasteiger partial charge in [-0.15, -0.1) is 0 Å². The Balaban J connectivity index is 2.01. The number of hydrogen-bond donors (Lipinski definition) is 2. The standard InChI is InChI=1S/C16H20N4O3/c17-10-12-7-13(16(21)15(9-12)20(22)23)14(8-11-1-2-11)19-5-3-18-4-6-19/h7,9,11,14,18,21H,1-6,8H2/t14-/m1/s1. The van der Waals surface area contributed by atoms with Gasteiger partial charge in [-0.3, -0.25) is 15.0 Å². The van der Waals surface area contributed by atoms with Crippen molar-refractivity contribution in [2.45, 2.75) is 25.3 Å². The Morgan fingerprint density at radius 3 is 2.70 bits per heavy atom. The molecule has 122 valence electrons. The first-order chi connectivity index (χ1) is 11.1. The van der Waals surface area contributed by atoms with Crippen LogP contribution in [0.4, 0.5) is 5.69 Å². The third-order valence-electron chi connectivity index (χ3n) is 4.65. The van der Waals surface area contributed by atoms with Crippen LogP contribution in [0, 0.1) is 27.4 Å². The van der Waals surface area contributed by atoms with Gasteiger partial charge in [-0.25, -0.2) is 0 Å². The minimum Gasteiger partial charge on any atom is -0.502 e. The number of nitrogens with zero attached hydrogens (tertiary/aromatic N) is 3. The summed E-state index contributed by atoms with van der Waals surface area (Å²) in [4.78, 5) is 12.8. The van der Waals surface area contributed by atoms with Crippen LogP contribution in [0.1, 0.15) is 36.4 Å². The fraction of sp³-hybridized carbons (Fsp3) is 0.562. The van der Waals surface area contributed by atoms with Crippen LogP contribution in [0.2, 0.25) is 0 Å². The van der Waals surface area contributed by atoms with E-state index in [1.165, 1.54) is 12.8 Å². The van der Waals surface area contributed by atoms with Crippen molar-refractivity contribution >= 4 is 5.69 Å². The van der Waals surface area contributed by atoms with Crippen molar-refractivity contribution < 1.29 is 10.0 Å². The number of nitriles is 1. The average molecular weight is 316 g/mol. The molecule has 1 aliphatic carbocycles. The number of piperazine rings is 1. The second kappa shape index (κ2) is 6.52. The maximum Gasteiger partial charge on any atom is 0.312 e. The molecule has 1 atom stereocenters. The fourth-order valence-electron chi connectivity index (χ4n) is 3.23. The Kier molecular flexibility index (Phi) is 4.46. The van der Waals surface area contributed by atoms with E-state index in [1.807, 2.05) is 6.07 Å². The van der Waals surface area contributed by atoms with E-state index >= 15 is 0 Å². The number of hydrogen-bond acceptors (Lipinski definition) is 6. The van der Waals surface area contributed by atoms with Crippen LogP contribution in [0.15, 0.2) is 12.1 Å². The number of aromatic hydroxyl groups is 1. The highest BCUT2D eigenvalue weighted by Gasteiger charge is 2.34. The van der Waals surface area contributed by atoms with E-state index in [0.717, 1.165) is 38.7 Å². The Bertz CT molecular complexity index is 645. The fourth-order valence-corrected chi connectivity index (χ4v) is 3.23. The Labute approximate surface area is 134 Å². The predicted octanol–water partition coefficient (Wildman–Crippen LogP) is 1.92. The molecule has 0 unspecified atom stereocenters. The summed E-state index contributed by atoms with van der Waals surface area (Å²) in [6.07, 6.45) is 3.21. The monoisotopic (exact) mass is 316 g/mol. The number of benzene rings is 1. The molecule has 23 heavy (non-hydrogen) atoms. The molecule has 1 aromatic rings. The van der Waals surface area contributed by atoms with Crippen LogP contribution >= 0.6 is 0 Å². The second-order valence-corrected chi connectivity index (χ2v) is 6.28. The molecule has 1 aliphatic heterocycles. The summed E-state index contributed by atoms with van der Waals surface area (Å²) in [5.41, 5.74) is 0.361. The number of rotatable bonds is 5. The Morgan fingerprint density at radius 2 is 2.13 bits per heavy atom. The topological polar surface area (TPSA) is 102 Å². The first-order valence-electron chi connectivity index (χ1n) is 7.96.